The van der Waals surface area contributed by atoms with E-state index in [4.69, 9.17) is 74.3 Å². The Labute approximate surface area is 110 Å². The van der Waals surface area contributed by atoms with E-state index in [0.29, 0.717) is 0 Å². The van der Waals surface area contributed by atoms with Crippen molar-refractivity contribution in [1.82, 2.24) is 5.32 Å². The normalized spacial score (nSPS) is 29.1. The third-order valence-electron chi connectivity index (χ3n) is 1.38. The molecule has 1 heterocycles. The van der Waals surface area contributed by atoms with E-state index >= 15 is 0 Å². The van der Waals surface area contributed by atoms with Crippen molar-refractivity contribution in [2.24, 2.45) is 0 Å². The van der Waals surface area contributed by atoms with Crippen molar-refractivity contribution < 1.29 is 9.53 Å². The summed E-state index contributed by atoms with van der Waals surface area (Å²) in [5.74, 6) is -0.638. The van der Waals surface area contributed by atoms with Crippen LogP contribution in [0, 0.1) is 0 Å². The Morgan fingerprint density at radius 2 is 1.57 bits per heavy atom. The molecule has 0 radical (unpaired) electrons. The van der Waals surface area contributed by atoms with Crippen LogP contribution in [0.3, 0.4) is 0 Å². The Bertz CT molecular complexity index is 246. The summed E-state index contributed by atoms with van der Waals surface area (Å²) in [5, 5.41) is 2.24. The quantitative estimate of drug-likeness (QED) is 0.696. The predicted octanol–water partition coefficient (Wildman–Crippen LogP) is 2.57. The number of hydrogen-bond acceptors (Lipinski definition) is 2. The summed E-state index contributed by atoms with van der Waals surface area (Å²) >= 11 is 32.8. The van der Waals surface area contributed by atoms with Crippen LogP contribution in [-0.2, 0) is 9.53 Å². The summed E-state index contributed by atoms with van der Waals surface area (Å²) in [7, 11) is 0. The van der Waals surface area contributed by atoms with Gasteiger partial charge >= 0.3 is 0 Å². The van der Waals surface area contributed by atoms with Gasteiger partial charge in [0, 0.05) is 0 Å². The molecule has 1 saturated heterocycles. The van der Waals surface area contributed by atoms with Gasteiger partial charge in [-0.1, -0.05) is 69.6 Å². The second-order valence-electron chi connectivity index (χ2n) is 2.49. The smallest absolute Gasteiger partial charge is 0.255 e. The highest BCUT2D eigenvalue weighted by Gasteiger charge is 2.51. The first-order chi connectivity index (χ1) is 6.12. The zero-order chi connectivity index (χ0) is 11.1. The predicted molar refractivity (Wildman–Crippen MR) is 57.4 cm³/mol. The number of carbonyl (C=O) groups excluding carboxylic acids is 1. The number of halogens is 6. The van der Waals surface area contributed by atoms with Crippen LogP contribution in [0.25, 0.3) is 0 Å². The van der Waals surface area contributed by atoms with Crippen molar-refractivity contribution in [3.63, 3.8) is 0 Å². The van der Waals surface area contributed by atoms with Gasteiger partial charge in [0.15, 0.2) is 12.3 Å². The first-order valence-electron chi connectivity index (χ1n) is 3.21. The van der Waals surface area contributed by atoms with Gasteiger partial charge in [0.2, 0.25) is 7.59 Å². The third-order valence-corrected chi connectivity index (χ3v) is 2.57. The molecule has 2 unspecified atom stereocenters. The average molecular weight is 322 g/mol. The summed E-state index contributed by atoms with van der Waals surface area (Å²) in [6, 6.07) is 0. The van der Waals surface area contributed by atoms with Crippen LogP contribution in [0.15, 0.2) is 0 Å². The molecule has 9 heteroatoms. The van der Waals surface area contributed by atoms with E-state index < -0.39 is 25.8 Å². The van der Waals surface area contributed by atoms with Crippen molar-refractivity contribution in [2.75, 3.05) is 0 Å². The van der Waals surface area contributed by atoms with E-state index in [1.54, 1.807) is 0 Å². The summed E-state index contributed by atoms with van der Waals surface area (Å²) in [5.41, 5.74) is 0. The molecule has 0 aromatic carbocycles. The fraction of sp³-hybridized carbons (Fsp3) is 0.800. The van der Waals surface area contributed by atoms with Gasteiger partial charge in [-0.15, -0.1) is 0 Å². The van der Waals surface area contributed by atoms with Gasteiger partial charge < -0.3 is 10.1 Å². The van der Waals surface area contributed by atoms with Crippen LogP contribution >= 0.6 is 69.6 Å². The summed E-state index contributed by atoms with van der Waals surface area (Å²) in [4.78, 5) is 11.2. The van der Waals surface area contributed by atoms with Crippen LogP contribution in [-0.4, -0.2) is 25.8 Å². The van der Waals surface area contributed by atoms with Crippen molar-refractivity contribution >= 4 is 75.5 Å². The van der Waals surface area contributed by atoms with Gasteiger partial charge in [0.25, 0.3) is 5.91 Å². The molecule has 1 N–H and O–H groups in total. The number of nitrogens with one attached hydrogen (secondary N) is 1. The Kier molecular flexibility index (Phi) is 3.98. The van der Waals surface area contributed by atoms with Crippen molar-refractivity contribution in [2.45, 2.75) is 19.9 Å². The minimum absolute atomic E-state index is 0.638. The maximum absolute atomic E-state index is 11.2. The molecule has 2 atom stereocenters. The molecule has 1 rings (SSSR count). The molecule has 0 aromatic rings. The molecule has 1 fully saturated rings. The molecule has 1 aliphatic rings. The standard InChI is InChI=1S/C5H3Cl6NO2/c6-4(7,8)1-2(13)12-3(14-1)5(9,10)11/h1,3H,(H,12,13). The van der Waals surface area contributed by atoms with Gasteiger partial charge in [-0.2, -0.15) is 0 Å². The molecule has 0 aliphatic carbocycles. The van der Waals surface area contributed by atoms with Crippen LogP contribution < -0.4 is 5.32 Å². The zero-order valence-corrected chi connectivity index (χ0v) is 10.8. The fourth-order valence-corrected chi connectivity index (χ4v) is 1.59. The number of rotatable bonds is 0. The van der Waals surface area contributed by atoms with E-state index in [1.807, 2.05) is 0 Å². The second kappa shape index (κ2) is 4.21. The number of ether oxygens (including phenoxy) is 1. The molecule has 82 valence electrons. The largest absolute Gasteiger partial charge is 0.336 e. The first kappa shape index (κ1) is 13.2. The van der Waals surface area contributed by atoms with Gasteiger partial charge in [-0.3, -0.25) is 4.79 Å². The molecule has 0 bridgehead atoms. The lowest BCUT2D eigenvalue weighted by molar-refractivity contribution is -0.123. The maximum Gasteiger partial charge on any atom is 0.255 e. The van der Waals surface area contributed by atoms with Crippen LogP contribution in [0.2, 0.25) is 0 Å². The van der Waals surface area contributed by atoms with Crippen LogP contribution in [0.5, 0.6) is 0 Å². The highest BCUT2D eigenvalue weighted by atomic mass is 35.6. The number of alkyl halides is 6. The number of amides is 1. The lowest BCUT2D eigenvalue weighted by Crippen LogP contribution is -2.37. The van der Waals surface area contributed by atoms with Gasteiger partial charge in [-0.25, -0.2) is 0 Å². The topological polar surface area (TPSA) is 38.3 Å². The fourth-order valence-electron chi connectivity index (χ4n) is 0.822. The first-order valence-corrected chi connectivity index (χ1v) is 5.48. The molecule has 0 aromatic heterocycles. The average Bonchev–Trinajstić information content (AvgIpc) is 2.27. The second-order valence-corrected chi connectivity index (χ2v) is 7.23. The summed E-state index contributed by atoms with van der Waals surface area (Å²) < 4.78 is 1.25. The molecule has 3 nitrogen and oxygen atoms in total. The third kappa shape index (κ3) is 3.08. The van der Waals surface area contributed by atoms with E-state index in [2.05, 4.69) is 5.32 Å². The Hall–Kier alpha value is 1.17. The molecule has 0 saturated carbocycles. The molecular formula is C5H3Cl6NO2. The molecular weight excluding hydrogens is 319 g/mol. The Morgan fingerprint density at radius 3 is 1.79 bits per heavy atom. The van der Waals surface area contributed by atoms with Crippen molar-refractivity contribution in [3.8, 4) is 0 Å². The monoisotopic (exact) mass is 319 g/mol. The highest BCUT2D eigenvalue weighted by molar-refractivity contribution is 6.69. The minimum atomic E-state index is -1.89. The van der Waals surface area contributed by atoms with Crippen LogP contribution in [0.4, 0.5) is 0 Å². The Balaban J connectivity index is 2.75. The summed E-state index contributed by atoms with van der Waals surface area (Å²) in [6.45, 7) is 0. The lowest BCUT2D eigenvalue weighted by Gasteiger charge is -2.20. The van der Waals surface area contributed by atoms with Crippen molar-refractivity contribution in [1.29, 1.82) is 0 Å². The van der Waals surface area contributed by atoms with E-state index in [1.165, 1.54) is 0 Å². The van der Waals surface area contributed by atoms with E-state index in [0.717, 1.165) is 0 Å². The summed E-state index contributed by atoms with van der Waals surface area (Å²) in [6.07, 6.45) is -2.41. The molecule has 0 spiro atoms. The van der Waals surface area contributed by atoms with Gasteiger partial charge in [0.1, 0.15) is 0 Å². The van der Waals surface area contributed by atoms with Crippen LogP contribution in [0.1, 0.15) is 0 Å². The maximum atomic E-state index is 11.2. The number of hydrogen-bond donors (Lipinski definition) is 1. The molecule has 1 amide bonds. The van der Waals surface area contributed by atoms with Gasteiger partial charge in [0.05, 0.1) is 0 Å². The SMILES string of the molecule is O=C1NC(C(Cl)(Cl)Cl)OC1C(Cl)(Cl)Cl. The zero-order valence-electron chi connectivity index (χ0n) is 6.24. The molecule has 1 aliphatic heterocycles. The van der Waals surface area contributed by atoms with Crippen molar-refractivity contribution in [3.05, 3.63) is 0 Å². The Morgan fingerprint density at radius 1 is 1.07 bits per heavy atom. The highest BCUT2D eigenvalue weighted by Crippen LogP contribution is 2.40. The lowest BCUT2D eigenvalue weighted by atomic mass is 10.4. The molecule has 14 heavy (non-hydrogen) atoms. The van der Waals surface area contributed by atoms with Gasteiger partial charge in [-0.05, 0) is 0 Å². The number of carbonyl (C=O) groups is 1. The van der Waals surface area contributed by atoms with E-state index in [-0.39, 0.29) is 0 Å². The minimum Gasteiger partial charge on any atom is -0.336 e. The van der Waals surface area contributed by atoms with E-state index in [9.17, 15) is 4.79 Å².